The molecule has 27 heavy (non-hydrogen) atoms. The fraction of sp³-hybridized carbons (Fsp3) is 0.263. The van der Waals surface area contributed by atoms with Gasteiger partial charge in [0, 0.05) is 29.9 Å². The zero-order valence-corrected chi connectivity index (χ0v) is 15.0. The number of benzene rings is 2. The monoisotopic (exact) mass is 369 g/mol. The van der Waals surface area contributed by atoms with Crippen LogP contribution < -0.4 is 15.0 Å². The fourth-order valence-corrected chi connectivity index (χ4v) is 2.78. The van der Waals surface area contributed by atoms with Gasteiger partial charge in [-0.05, 0) is 36.2 Å². The number of ether oxygens (including phenoxy) is 1. The Morgan fingerprint density at radius 2 is 1.96 bits per heavy atom. The van der Waals surface area contributed by atoms with Crippen molar-refractivity contribution in [2.45, 2.75) is 13.8 Å². The Morgan fingerprint density at radius 3 is 2.59 bits per heavy atom. The van der Waals surface area contributed by atoms with Crippen molar-refractivity contribution in [3.05, 3.63) is 58.1 Å². The zero-order valence-electron chi connectivity index (χ0n) is 15.0. The van der Waals surface area contributed by atoms with E-state index in [4.69, 9.17) is 4.74 Å². The summed E-state index contributed by atoms with van der Waals surface area (Å²) in [5.41, 5.74) is 1.33. The van der Waals surface area contributed by atoms with E-state index >= 15 is 0 Å². The molecule has 0 aliphatic carbocycles. The smallest absolute Gasteiger partial charge is 0.269 e. The highest BCUT2D eigenvalue weighted by Crippen LogP contribution is 2.35. The van der Waals surface area contributed by atoms with Gasteiger partial charge in [0.15, 0.2) is 6.61 Å². The molecular formula is C19H19N3O5. The Kier molecular flexibility index (Phi) is 5.07. The summed E-state index contributed by atoms with van der Waals surface area (Å²) in [4.78, 5) is 36.4. The molecule has 1 aliphatic rings. The quantitative estimate of drug-likeness (QED) is 0.644. The third kappa shape index (κ3) is 4.05. The van der Waals surface area contributed by atoms with E-state index in [0.29, 0.717) is 29.2 Å². The number of nitrogens with zero attached hydrogens (tertiary/aromatic N) is 2. The average Bonchev–Trinajstić information content (AvgIpc) is 2.64. The SMILES string of the molecule is CC(C)CN1C(=O)COc2ccc(NC(=O)c3ccc([N+](=O)[O-])cc3)cc21. The summed E-state index contributed by atoms with van der Waals surface area (Å²) in [6.07, 6.45) is 0. The maximum absolute atomic E-state index is 12.4. The van der Waals surface area contributed by atoms with Crippen molar-refractivity contribution in [2.24, 2.45) is 5.92 Å². The van der Waals surface area contributed by atoms with E-state index in [1.54, 1.807) is 23.1 Å². The van der Waals surface area contributed by atoms with Crippen LogP contribution in [0.5, 0.6) is 5.75 Å². The van der Waals surface area contributed by atoms with Crippen LogP contribution in [0.25, 0.3) is 0 Å². The molecular weight excluding hydrogens is 350 g/mol. The minimum Gasteiger partial charge on any atom is -0.482 e. The number of nitrogens with one attached hydrogen (secondary N) is 1. The first-order chi connectivity index (χ1) is 12.8. The first-order valence-corrected chi connectivity index (χ1v) is 8.48. The van der Waals surface area contributed by atoms with E-state index in [-0.39, 0.29) is 24.1 Å². The number of amides is 2. The lowest BCUT2D eigenvalue weighted by Gasteiger charge is -2.31. The van der Waals surface area contributed by atoms with Gasteiger partial charge < -0.3 is 15.0 Å². The van der Waals surface area contributed by atoms with Crippen molar-refractivity contribution in [2.75, 3.05) is 23.4 Å². The predicted molar refractivity (Wildman–Crippen MR) is 100 cm³/mol. The average molecular weight is 369 g/mol. The Labute approximate surface area is 155 Å². The molecule has 8 heteroatoms. The molecule has 3 rings (SSSR count). The summed E-state index contributed by atoms with van der Waals surface area (Å²) in [6.45, 7) is 4.58. The van der Waals surface area contributed by atoms with Crippen molar-refractivity contribution in [3.8, 4) is 5.75 Å². The molecule has 2 amide bonds. The molecule has 2 aromatic rings. The Hall–Kier alpha value is -3.42. The molecule has 0 fully saturated rings. The minimum absolute atomic E-state index is 0.00573. The van der Waals surface area contributed by atoms with Crippen LogP contribution in [0, 0.1) is 16.0 Å². The predicted octanol–water partition coefficient (Wildman–Crippen LogP) is 3.23. The normalized spacial score (nSPS) is 13.1. The van der Waals surface area contributed by atoms with Crippen molar-refractivity contribution in [1.82, 2.24) is 0 Å². The summed E-state index contributed by atoms with van der Waals surface area (Å²) in [7, 11) is 0. The molecule has 0 radical (unpaired) electrons. The highest BCUT2D eigenvalue weighted by molar-refractivity contribution is 6.05. The maximum atomic E-state index is 12.4. The number of non-ortho nitro benzene ring substituents is 1. The molecule has 1 aliphatic heterocycles. The maximum Gasteiger partial charge on any atom is 0.269 e. The zero-order chi connectivity index (χ0) is 19.6. The van der Waals surface area contributed by atoms with Gasteiger partial charge in [-0.2, -0.15) is 0 Å². The van der Waals surface area contributed by atoms with E-state index in [9.17, 15) is 19.7 Å². The molecule has 0 spiro atoms. The van der Waals surface area contributed by atoms with E-state index < -0.39 is 10.8 Å². The number of nitro groups is 1. The fourth-order valence-electron chi connectivity index (χ4n) is 2.78. The summed E-state index contributed by atoms with van der Waals surface area (Å²) >= 11 is 0. The summed E-state index contributed by atoms with van der Waals surface area (Å²) in [5.74, 6) is 0.334. The molecule has 0 atom stereocenters. The molecule has 8 nitrogen and oxygen atoms in total. The molecule has 1 N–H and O–H groups in total. The third-order valence-corrected chi connectivity index (χ3v) is 4.05. The lowest BCUT2D eigenvalue weighted by atomic mass is 10.1. The van der Waals surface area contributed by atoms with Crippen molar-refractivity contribution >= 4 is 28.9 Å². The van der Waals surface area contributed by atoms with Crippen LogP contribution in [0.2, 0.25) is 0 Å². The van der Waals surface area contributed by atoms with Crippen LogP contribution >= 0.6 is 0 Å². The molecule has 140 valence electrons. The molecule has 1 heterocycles. The molecule has 0 bridgehead atoms. The highest BCUT2D eigenvalue weighted by Gasteiger charge is 2.26. The van der Waals surface area contributed by atoms with E-state index in [0.717, 1.165) is 0 Å². The standard InChI is InChI=1S/C19H19N3O5/c1-12(2)10-21-16-9-14(5-8-17(16)27-11-18(21)23)20-19(24)13-3-6-15(7-4-13)22(25)26/h3-9,12H,10-11H2,1-2H3,(H,20,24). The van der Waals surface area contributed by atoms with E-state index in [2.05, 4.69) is 5.32 Å². The number of hydrogen-bond donors (Lipinski definition) is 1. The van der Waals surface area contributed by atoms with Gasteiger partial charge in [0.25, 0.3) is 17.5 Å². The lowest BCUT2D eigenvalue weighted by Crippen LogP contribution is -2.41. The number of carbonyl (C=O) groups is 2. The van der Waals surface area contributed by atoms with Crippen LogP contribution in [0.15, 0.2) is 42.5 Å². The molecule has 0 unspecified atom stereocenters. The van der Waals surface area contributed by atoms with Crippen LogP contribution in [0.4, 0.5) is 17.1 Å². The number of rotatable bonds is 5. The second kappa shape index (κ2) is 7.45. The third-order valence-electron chi connectivity index (χ3n) is 4.05. The Bertz CT molecular complexity index is 893. The van der Waals surface area contributed by atoms with Crippen LogP contribution in [-0.2, 0) is 4.79 Å². The molecule has 0 saturated heterocycles. The largest absolute Gasteiger partial charge is 0.482 e. The summed E-state index contributed by atoms with van der Waals surface area (Å²) < 4.78 is 5.46. The molecule has 2 aromatic carbocycles. The summed E-state index contributed by atoms with van der Waals surface area (Å²) in [6, 6.07) is 10.4. The van der Waals surface area contributed by atoms with Gasteiger partial charge >= 0.3 is 0 Å². The van der Waals surface area contributed by atoms with Crippen molar-refractivity contribution < 1.29 is 19.2 Å². The van der Waals surface area contributed by atoms with Crippen LogP contribution in [-0.4, -0.2) is 29.9 Å². The van der Waals surface area contributed by atoms with Crippen LogP contribution in [0.3, 0.4) is 0 Å². The first kappa shape index (κ1) is 18.4. The van der Waals surface area contributed by atoms with Gasteiger partial charge in [-0.3, -0.25) is 19.7 Å². The number of carbonyl (C=O) groups excluding carboxylic acids is 2. The van der Waals surface area contributed by atoms with E-state index in [1.807, 2.05) is 13.8 Å². The second-order valence-corrected chi connectivity index (χ2v) is 6.63. The number of fused-ring (bicyclic) bond motifs is 1. The van der Waals surface area contributed by atoms with Gasteiger partial charge in [0.1, 0.15) is 5.75 Å². The Morgan fingerprint density at radius 1 is 1.26 bits per heavy atom. The van der Waals surface area contributed by atoms with Gasteiger partial charge in [-0.25, -0.2) is 0 Å². The Balaban J connectivity index is 1.81. The lowest BCUT2D eigenvalue weighted by molar-refractivity contribution is -0.384. The molecule has 0 saturated carbocycles. The summed E-state index contributed by atoms with van der Waals surface area (Å²) in [5, 5.41) is 13.4. The topological polar surface area (TPSA) is 102 Å². The molecule has 0 aromatic heterocycles. The van der Waals surface area contributed by atoms with E-state index in [1.165, 1.54) is 24.3 Å². The van der Waals surface area contributed by atoms with Gasteiger partial charge in [-0.15, -0.1) is 0 Å². The van der Waals surface area contributed by atoms with Crippen molar-refractivity contribution in [1.29, 1.82) is 0 Å². The number of anilines is 2. The first-order valence-electron chi connectivity index (χ1n) is 8.48. The second-order valence-electron chi connectivity index (χ2n) is 6.63. The van der Waals surface area contributed by atoms with Crippen LogP contribution in [0.1, 0.15) is 24.2 Å². The van der Waals surface area contributed by atoms with Gasteiger partial charge in [-0.1, -0.05) is 13.8 Å². The minimum atomic E-state index is -0.522. The number of nitro benzene ring substituents is 1. The van der Waals surface area contributed by atoms with Gasteiger partial charge in [0.2, 0.25) is 0 Å². The highest BCUT2D eigenvalue weighted by atomic mass is 16.6. The van der Waals surface area contributed by atoms with Crippen molar-refractivity contribution in [3.63, 3.8) is 0 Å². The number of hydrogen-bond acceptors (Lipinski definition) is 5. The van der Waals surface area contributed by atoms with Gasteiger partial charge in [0.05, 0.1) is 10.6 Å².